The highest BCUT2D eigenvalue weighted by atomic mass is 32.1. The molecular weight excluding hydrogens is 350 g/mol. The molecule has 1 atom stereocenters. The maximum Gasteiger partial charge on any atom is 0.271 e. The lowest BCUT2D eigenvalue weighted by Crippen LogP contribution is -2.52. The summed E-state index contributed by atoms with van der Waals surface area (Å²) in [7, 11) is 0. The summed E-state index contributed by atoms with van der Waals surface area (Å²) in [5, 5.41) is 3.75. The average Bonchev–Trinajstić information content (AvgIpc) is 3.00. The number of carbonyl (C=O) groups is 2. The van der Waals surface area contributed by atoms with Crippen LogP contribution in [0.3, 0.4) is 0 Å². The van der Waals surface area contributed by atoms with Gasteiger partial charge in [0.1, 0.15) is 11.7 Å². The summed E-state index contributed by atoms with van der Waals surface area (Å²) in [5.41, 5.74) is 1.41. The molecule has 26 heavy (non-hydrogen) atoms. The lowest BCUT2D eigenvalue weighted by Gasteiger charge is -2.30. The van der Waals surface area contributed by atoms with Crippen molar-refractivity contribution in [3.8, 4) is 0 Å². The Morgan fingerprint density at radius 2 is 1.92 bits per heavy atom. The number of benzene rings is 1. The average molecular weight is 373 g/mol. The van der Waals surface area contributed by atoms with Gasteiger partial charge in [0.2, 0.25) is 5.91 Å². The van der Waals surface area contributed by atoms with Crippen LogP contribution in [0, 0.1) is 13.8 Å². The predicted octanol–water partition coefficient (Wildman–Crippen LogP) is 1.96. The number of rotatable bonds is 5. The van der Waals surface area contributed by atoms with E-state index in [4.69, 9.17) is 4.74 Å². The summed E-state index contributed by atoms with van der Waals surface area (Å²) in [5.74, 6) is -0.371. The fourth-order valence-corrected chi connectivity index (χ4v) is 3.84. The maximum atomic E-state index is 13.0. The Balaban J connectivity index is 1.78. The molecule has 138 valence electrons. The number of hydrogen-bond donors (Lipinski definition) is 1. The van der Waals surface area contributed by atoms with Crippen LogP contribution in [0.1, 0.15) is 25.9 Å². The van der Waals surface area contributed by atoms with E-state index < -0.39 is 6.04 Å². The highest BCUT2D eigenvalue weighted by Crippen LogP contribution is 2.17. The molecule has 1 N–H and O–H groups in total. The van der Waals surface area contributed by atoms with E-state index in [1.54, 1.807) is 4.90 Å². The molecule has 0 saturated carbocycles. The van der Waals surface area contributed by atoms with Gasteiger partial charge in [0, 0.05) is 24.4 Å². The van der Waals surface area contributed by atoms with Crippen molar-refractivity contribution in [2.45, 2.75) is 26.3 Å². The third-order valence-corrected chi connectivity index (χ3v) is 5.21. The zero-order chi connectivity index (χ0) is 18.5. The quantitative estimate of drug-likeness (QED) is 0.870. The molecular formula is C19H23N3O3S. The Kier molecular flexibility index (Phi) is 6.00. The molecule has 2 amide bonds. The molecule has 2 heterocycles. The Labute approximate surface area is 157 Å². The van der Waals surface area contributed by atoms with Crippen molar-refractivity contribution < 1.29 is 14.3 Å². The minimum absolute atomic E-state index is 0.0740. The van der Waals surface area contributed by atoms with Gasteiger partial charge < -0.3 is 15.0 Å². The number of morpholine rings is 1. The van der Waals surface area contributed by atoms with Crippen LogP contribution >= 0.6 is 11.3 Å². The number of nitrogens with one attached hydrogen (secondary N) is 1. The molecule has 1 unspecified atom stereocenters. The molecule has 1 aromatic heterocycles. The Bertz CT molecular complexity index is 770. The van der Waals surface area contributed by atoms with E-state index in [9.17, 15) is 9.59 Å². The topological polar surface area (TPSA) is 71.5 Å². The largest absolute Gasteiger partial charge is 0.378 e. The molecule has 0 radical (unpaired) electrons. The molecule has 1 saturated heterocycles. The van der Waals surface area contributed by atoms with Crippen LogP contribution in [-0.2, 0) is 16.0 Å². The molecule has 1 aliphatic rings. The highest BCUT2D eigenvalue weighted by molar-refractivity contribution is 7.11. The second kappa shape index (κ2) is 8.42. The fourth-order valence-electron chi connectivity index (χ4n) is 3.02. The van der Waals surface area contributed by atoms with Crippen LogP contribution in [0.15, 0.2) is 30.3 Å². The number of carbonyl (C=O) groups excluding carboxylic acids is 2. The van der Waals surface area contributed by atoms with Crippen molar-refractivity contribution in [2.24, 2.45) is 0 Å². The van der Waals surface area contributed by atoms with Crippen LogP contribution in [0.4, 0.5) is 0 Å². The zero-order valence-electron chi connectivity index (χ0n) is 15.0. The van der Waals surface area contributed by atoms with E-state index in [0.717, 1.165) is 15.4 Å². The van der Waals surface area contributed by atoms with Gasteiger partial charge >= 0.3 is 0 Å². The van der Waals surface area contributed by atoms with Crippen molar-refractivity contribution in [1.82, 2.24) is 15.2 Å². The van der Waals surface area contributed by atoms with E-state index in [1.807, 2.05) is 44.2 Å². The van der Waals surface area contributed by atoms with Gasteiger partial charge in [0.15, 0.2) is 0 Å². The van der Waals surface area contributed by atoms with Crippen LogP contribution in [0.2, 0.25) is 0 Å². The molecule has 7 heteroatoms. The first kappa shape index (κ1) is 18.5. The lowest BCUT2D eigenvalue weighted by atomic mass is 10.0. The van der Waals surface area contributed by atoms with Gasteiger partial charge in [-0.2, -0.15) is 0 Å². The molecule has 1 aliphatic heterocycles. The summed E-state index contributed by atoms with van der Waals surface area (Å²) in [6.45, 7) is 5.90. The van der Waals surface area contributed by atoms with Gasteiger partial charge in [-0.3, -0.25) is 9.59 Å². The second-order valence-corrected chi connectivity index (χ2v) is 7.70. The molecule has 1 fully saturated rings. The number of nitrogens with zero attached hydrogens (tertiary/aromatic N) is 2. The number of ether oxygens (including phenoxy) is 1. The third-order valence-electron chi connectivity index (χ3n) is 4.33. The standard InChI is InChI=1S/C19H23N3O3S/c1-13-17(20-14(2)26-13)18(23)21-16(12-15-6-4-3-5-7-15)19(24)22-8-10-25-11-9-22/h3-7,16H,8-12H2,1-2H3,(H,21,23). The van der Waals surface area contributed by atoms with Crippen LogP contribution in [0.5, 0.6) is 0 Å². The summed E-state index contributed by atoms with van der Waals surface area (Å²) < 4.78 is 5.33. The highest BCUT2D eigenvalue weighted by Gasteiger charge is 2.28. The van der Waals surface area contributed by atoms with Crippen molar-refractivity contribution in [3.05, 3.63) is 51.5 Å². The van der Waals surface area contributed by atoms with Gasteiger partial charge in [-0.15, -0.1) is 11.3 Å². The summed E-state index contributed by atoms with van der Waals surface area (Å²) in [6.07, 6.45) is 0.449. The molecule has 1 aromatic carbocycles. The third kappa shape index (κ3) is 4.47. The number of thiazole rings is 1. The smallest absolute Gasteiger partial charge is 0.271 e. The number of aryl methyl sites for hydroxylation is 2. The van der Waals surface area contributed by atoms with Crippen LogP contribution < -0.4 is 5.32 Å². The van der Waals surface area contributed by atoms with E-state index in [2.05, 4.69) is 10.3 Å². The van der Waals surface area contributed by atoms with Crippen molar-refractivity contribution in [2.75, 3.05) is 26.3 Å². The van der Waals surface area contributed by atoms with Gasteiger partial charge in [-0.1, -0.05) is 30.3 Å². The lowest BCUT2D eigenvalue weighted by molar-refractivity contribution is -0.137. The van der Waals surface area contributed by atoms with Gasteiger partial charge in [0.25, 0.3) is 5.91 Å². The summed E-state index contributed by atoms with van der Waals surface area (Å²) in [4.78, 5) is 32.6. The van der Waals surface area contributed by atoms with Crippen molar-refractivity contribution >= 4 is 23.2 Å². The summed E-state index contributed by atoms with van der Waals surface area (Å²) in [6, 6.07) is 9.10. The van der Waals surface area contributed by atoms with Crippen molar-refractivity contribution in [1.29, 1.82) is 0 Å². The van der Waals surface area contributed by atoms with Gasteiger partial charge in [-0.25, -0.2) is 4.98 Å². The van der Waals surface area contributed by atoms with Gasteiger partial charge in [-0.05, 0) is 19.4 Å². The fraction of sp³-hybridized carbons (Fsp3) is 0.421. The molecule has 0 aliphatic carbocycles. The Hall–Kier alpha value is -2.25. The second-order valence-electron chi connectivity index (χ2n) is 6.29. The Morgan fingerprint density at radius 3 is 2.54 bits per heavy atom. The van der Waals surface area contributed by atoms with E-state index in [1.165, 1.54) is 11.3 Å². The van der Waals surface area contributed by atoms with Crippen LogP contribution in [-0.4, -0.2) is 54.0 Å². The predicted molar refractivity (Wildman–Crippen MR) is 100 cm³/mol. The monoisotopic (exact) mass is 373 g/mol. The van der Waals surface area contributed by atoms with Crippen molar-refractivity contribution in [3.63, 3.8) is 0 Å². The maximum absolute atomic E-state index is 13.0. The van der Waals surface area contributed by atoms with Crippen LogP contribution in [0.25, 0.3) is 0 Å². The summed E-state index contributed by atoms with van der Waals surface area (Å²) >= 11 is 1.48. The number of hydrogen-bond acceptors (Lipinski definition) is 5. The number of amides is 2. The first-order valence-corrected chi connectivity index (χ1v) is 9.51. The zero-order valence-corrected chi connectivity index (χ0v) is 15.8. The minimum atomic E-state index is -0.621. The first-order valence-electron chi connectivity index (χ1n) is 8.70. The minimum Gasteiger partial charge on any atom is -0.378 e. The molecule has 0 spiro atoms. The van der Waals surface area contributed by atoms with E-state index in [0.29, 0.717) is 38.4 Å². The van der Waals surface area contributed by atoms with Gasteiger partial charge in [0.05, 0.1) is 18.2 Å². The normalized spacial score (nSPS) is 15.5. The SMILES string of the molecule is Cc1nc(C(=O)NC(Cc2ccccc2)C(=O)N2CCOCC2)c(C)s1. The first-order chi connectivity index (χ1) is 12.5. The molecule has 6 nitrogen and oxygen atoms in total. The van der Waals surface area contributed by atoms with E-state index >= 15 is 0 Å². The molecule has 3 rings (SSSR count). The van der Waals surface area contributed by atoms with E-state index in [-0.39, 0.29) is 11.8 Å². The Morgan fingerprint density at radius 1 is 1.23 bits per heavy atom. The number of aromatic nitrogens is 1. The molecule has 0 bridgehead atoms. The molecule has 2 aromatic rings.